The molecule has 2 aromatic heterocycles. The second-order valence-corrected chi connectivity index (χ2v) is 7.61. The number of nitrogens with zero attached hydrogens (tertiary/aromatic N) is 3. The van der Waals surface area contributed by atoms with Gasteiger partial charge < -0.3 is 34.2 Å². The summed E-state index contributed by atoms with van der Waals surface area (Å²) in [5, 5.41) is 6.35. The maximum absolute atomic E-state index is 13.0. The van der Waals surface area contributed by atoms with Gasteiger partial charge in [-0.25, -0.2) is 0 Å². The topological polar surface area (TPSA) is 111 Å². The van der Waals surface area contributed by atoms with Gasteiger partial charge in [0, 0.05) is 31.5 Å². The first-order valence-electron chi connectivity index (χ1n) is 11.3. The number of carbonyl (C=O) groups is 1. The number of amides is 1. The van der Waals surface area contributed by atoms with Crippen molar-refractivity contribution in [2.24, 2.45) is 0 Å². The van der Waals surface area contributed by atoms with Crippen molar-refractivity contribution in [2.75, 3.05) is 58.0 Å². The van der Waals surface area contributed by atoms with Crippen molar-refractivity contribution in [2.45, 2.75) is 6.04 Å². The number of hydrogen-bond acceptors (Lipinski definition) is 9. The molecule has 0 spiro atoms. The Bertz CT molecular complexity index is 997. The molecule has 4 heterocycles. The Hall–Kier alpha value is -2.89. The van der Waals surface area contributed by atoms with E-state index >= 15 is 0 Å². The van der Waals surface area contributed by atoms with E-state index in [2.05, 4.69) is 20.6 Å². The maximum Gasteiger partial charge on any atom is 0.299 e. The molecule has 2 aliphatic heterocycles. The number of carbonyl (C=O) groups excluding carboxylic acids is 1. The number of ether oxygens (including phenoxy) is 3. The van der Waals surface area contributed by atoms with E-state index in [4.69, 9.17) is 18.6 Å². The van der Waals surface area contributed by atoms with Crippen molar-refractivity contribution in [3.05, 3.63) is 66.8 Å². The lowest BCUT2D eigenvalue weighted by molar-refractivity contribution is -0.0334. The first-order valence-corrected chi connectivity index (χ1v) is 11.3. The summed E-state index contributed by atoms with van der Waals surface area (Å²) >= 11 is 0. The monoisotopic (exact) mass is 539 g/mol. The highest BCUT2D eigenvalue weighted by atomic mass is 35.5. The van der Waals surface area contributed by atoms with Gasteiger partial charge in [-0.1, -0.05) is 18.2 Å². The van der Waals surface area contributed by atoms with Crippen LogP contribution < -0.4 is 15.4 Å². The molecule has 5 rings (SSSR count). The van der Waals surface area contributed by atoms with Crippen molar-refractivity contribution >= 4 is 42.4 Å². The van der Waals surface area contributed by atoms with E-state index in [1.54, 1.807) is 17.3 Å². The first kappa shape index (κ1) is 29.3. The van der Waals surface area contributed by atoms with E-state index in [0.717, 1.165) is 38.7 Å². The number of oxazole rings is 1. The van der Waals surface area contributed by atoms with E-state index in [-0.39, 0.29) is 48.5 Å². The summed E-state index contributed by atoms with van der Waals surface area (Å²) in [6.45, 7) is 5.44. The standard InChI is InChI=1S/C20H21N5O3.C4H8O2.2ClH/c26-19(18-14-28-20(24-18)23-15-5-2-1-3-6-15)25-10-9-22-11-16(25)13-27-17-7-4-8-21-12-17;1-2-6-4-3-5-1;;/h1-8,12,14,16,22H,9-11,13H2,(H,23,24);1-4H2;2*1H. The minimum atomic E-state index is -0.175. The fourth-order valence-corrected chi connectivity index (χ4v) is 3.46. The normalized spacial score (nSPS) is 16.9. The van der Waals surface area contributed by atoms with Crippen molar-refractivity contribution in [3.63, 3.8) is 0 Å². The van der Waals surface area contributed by atoms with Crippen molar-refractivity contribution in [1.29, 1.82) is 0 Å². The third-order valence-electron chi connectivity index (χ3n) is 5.18. The molecule has 2 N–H and O–H groups in total. The number of para-hydroxylation sites is 1. The minimum Gasteiger partial charge on any atom is -0.490 e. The van der Waals surface area contributed by atoms with Crippen LogP contribution in [0.4, 0.5) is 11.7 Å². The van der Waals surface area contributed by atoms with Gasteiger partial charge in [-0.2, -0.15) is 4.98 Å². The molecule has 196 valence electrons. The van der Waals surface area contributed by atoms with Gasteiger partial charge in [-0.15, -0.1) is 24.8 Å². The van der Waals surface area contributed by atoms with Crippen molar-refractivity contribution in [1.82, 2.24) is 20.2 Å². The zero-order valence-corrected chi connectivity index (χ0v) is 21.3. The SMILES string of the molecule is C1COCCO1.Cl.Cl.O=C(c1coc(Nc2ccccc2)n1)N1CCNCC1COc1cccnc1. The van der Waals surface area contributed by atoms with E-state index in [0.29, 0.717) is 25.4 Å². The van der Waals surface area contributed by atoms with Gasteiger partial charge in [0.1, 0.15) is 18.6 Å². The van der Waals surface area contributed by atoms with Crippen molar-refractivity contribution in [3.8, 4) is 5.75 Å². The highest BCUT2D eigenvalue weighted by Gasteiger charge is 2.29. The molecule has 3 aromatic rings. The third kappa shape index (κ3) is 8.96. The fourth-order valence-electron chi connectivity index (χ4n) is 3.46. The van der Waals surface area contributed by atoms with E-state index < -0.39 is 0 Å². The minimum absolute atomic E-state index is 0. The summed E-state index contributed by atoms with van der Waals surface area (Å²) in [7, 11) is 0. The summed E-state index contributed by atoms with van der Waals surface area (Å²) in [4.78, 5) is 23.1. The number of halogens is 2. The van der Waals surface area contributed by atoms with Gasteiger partial charge in [0.15, 0.2) is 5.69 Å². The van der Waals surface area contributed by atoms with Crippen LogP contribution in [-0.2, 0) is 9.47 Å². The van der Waals surface area contributed by atoms with Crippen LogP contribution in [-0.4, -0.2) is 79.5 Å². The van der Waals surface area contributed by atoms with Crippen LogP contribution in [0.3, 0.4) is 0 Å². The smallest absolute Gasteiger partial charge is 0.299 e. The Balaban J connectivity index is 0.000000503. The number of benzene rings is 1. The molecule has 2 fully saturated rings. The molecule has 12 heteroatoms. The van der Waals surface area contributed by atoms with Crippen LogP contribution in [0.2, 0.25) is 0 Å². The van der Waals surface area contributed by atoms with Crippen LogP contribution in [0.25, 0.3) is 0 Å². The Morgan fingerprint density at radius 3 is 2.50 bits per heavy atom. The fraction of sp³-hybridized carbons (Fsp3) is 0.375. The van der Waals surface area contributed by atoms with Gasteiger partial charge in [-0.3, -0.25) is 9.78 Å². The quantitative estimate of drug-likeness (QED) is 0.487. The van der Waals surface area contributed by atoms with E-state index in [1.807, 2.05) is 42.5 Å². The summed E-state index contributed by atoms with van der Waals surface area (Å²) < 4.78 is 21.1. The zero-order chi connectivity index (χ0) is 23.4. The predicted octanol–water partition coefficient (Wildman–Crippen LogP) is 3.18. The summed E-state index contributed by atoms with van der Waals surface area (Å²) in [5.74, 6) is 0.502. The third-order valence-corrected chi connectivity index (χ3v) is 5.18. The van der Waals surface area contributed by atoms with E-state index in [9.17, 15) is 4.79 Å². The van der Waals surface area contributed by atoms with Gasteiger partial charge in [0.25, 0.3) is 11.9 Å². The summed E-state index contributed by atoms with van der Waals surface area (Å²) in [6, 6.07) is 13.4. The molecule has 0 radical (unpaired) electrons. The molecule has 0 saturated carbocycles. The number of pyridine rings is 1. The Morgan fingerprint density at radius 2 is 1.83 bits per heavy atom. The lowest BCUT2D eigenvalue weighted by atomic mass is 10.2. The van der Waals surface area contributed by atoms with Gasteiger partial charge in [0.2, 0.25) is 0 Å². The predicted molar refractivity (Wildman–Crippen MR) is 140 cm³/mol. The molecule has 0 bridgehead atoms. The number of aromatic nitrogens is 2. The molecule has 1 aromatic carbocycles. The van der Waals surface area contributed by atoms with Crippen LogP contribution in [0.15, 0.2) is 65.5 Å². The van der Waals surface area contributed by atoms with E-state index in [1.165, 1.54) is 6.26 Å². The number of rotatable bonds is 6. The molecule has 10 nitrogen and oxygen atoms in total. The lowest BCUT2D eigenvalue weighted by Crippen LogP contribution is -2.56. The molecule has 1 amide bonds. The molecular weight excluding hydrogens is 509 g/mol. The average Bonchev–Trinajstić information content (AvgIpc) is 3.38. The lowest BCUT2D eigenvalue weighted by Gasteiger charge is -2.35. The van der Waals surface area contributed by atoms with Crippen LogP contribution >= 0.6 is 24.8 Å². The molecule has 1 atom stereocenters. The summed E-state index contributed by atoms with van der Waals surface area (Å²) in [5.41, 5.74) is 1.11. The number of anilines is 2. The highest BCUT2D eigenvalue weighted by molar-refractivity contribution is 5.92. The van der Waals surface area contributed by atoms with Crippen molar-refractivity contribution < 1.29 is 23.4 Å². The molecule has 0 aliphatic carbocycles. The first-order chi connectivity index (χ1) is 16.8. The van der Waals surface area contributed by atoms with Gasteiger partial charge in [-0.05, 0) is 24.3 Å². The summed E-state index contributed by atoms with van der Waals surface area (Å²) in [6.07, 6.45) is 4.73. The molecule has 2 aliphatic rings. The molecule has 2 saturated heterocycles. The van der Waals surface area contributed by atoms with Crippen LogP contribution in [0, 0.1) is 0 Å². The second kappa shape index (κ2) is 16.0. The average molecular weight is 540 g/mol. The molecule has 36 heavy (non-hydrogen) atoms. The second-order valence-electron chi connectivity index (χ2n) is 7.61. The van der Waals surface area contributed by atoms with Crippen LogP contribution in [0.5, 0.6) is 5.75 Å². The highest BCUT2D eigenvalue weighted by Crippen LogP contribution is 2.18. The Labute approximate surface area is 222 Å². The molecule has 1 unspecified atom stereocenters. The van der Waals surface area contributed by atoms with Crippen LogP contribution in [0.1, 0.15) is 10.5 Å². The van der Waals surface area contributed by atoms with Gasteiger partial charge >= 0.3 is 0 Å². The Kier molecular flexibility index (Phi) is 13.0. The number of hydrogen-bond donors (Lipinski definition) is 2. The number of nitrogens with one attached hydrogen (secondary N) is 2. The molecular formula is C24H31Cl2N5O5. The largest absolute Gasteiger partial charge is 0.490 e. The Morgan fingerprint density at radius 1 is 1.08 bits per heavy atom. The van der Waals surface area contributed by atoms with Gasteiger partial charge in [0.05, 0.1) is 38.7 Å². The maximum atomic E-state index is 13.0. The number of piperazine rings is 1. The zero-order valence-electron chi connectivity index (χ0n) is 19.7.